The van der Waals surface area contributed by atoms with E-state index in [2.05, 4.69) is 9.97 Å². The van der Waals surface area contributed by atoms with Crippen LogP contribution < -0.4 is 5.56 Å². The van der Waals surface area contributed by atoms with E-state index in [9.17, 15) is 14.9 Å². The Hall–Kier alpha value is -1.90. The van der Waals surface area contributed by atoms with Crippen LogP contribution in [0.15, 0.2) is 28.2 Å². The van der Waals surface area contributed by atoms with E-state index in [0.717, 1.165) is 5.69 Å². The van der Waals surface area contributed by atoms with Gasteiger partial charge in [0.25, 0.3) is 11.2 Å². The van der Waals surface area contributed by atoms with Gasteiger partial charge in [-0.25, -0.2) is 4.98 Å². The minimum absolute atomic E-state index is 0.00179. The standard InChI is InChI=1S/C15H15ClN4O3S/c1-24-15-17-12-4-5-19(8-11(12)14(21)18-15)7-9-2-3-10(16)6-13(9)20(22)23/h2-3,6H,4-5,7-8H2,1H3,(H,17,18,21). The Bertz CT molecular complexity index is 855. The summed E-state index contributed by atoms with van der Waals surface area (Å²) >= 11 is 7.24. The lowest BCUT2D eigenvalue weighted by molar-refractivity contribution is -0.385. The summed E-state index contributed by atoms with van der Waals surface area (Å²) in [6.45, 7) is 1.50. The van der Waals surface area contributed by atoms with Crippen molar-refractivity contribution in [3.05, 3.63) is 60.5 Å². The number of halogens is 1. The average Bonchev–Trinajstić information content (AvgIpc) is 2.56. The van der Waals surface area contributed by atoms with Gasteiger partial charge in [-0.05, 0) is 18.4 Å². The Kier molecular flexibility index (Phi) is 4.88. The number of aromatic nitrogens is 2. The molecule has 0 fully saturated rings. The van der Waals surface area contributed by atoms with Crippen molar-refractivity contribution >= 4 is 29.1 Å². The molecule has 2 heterocycles. The zero-order valence-corrected chi connectivity index (χ0v) is 14.5. The molecule has 3 rings (SSSR count). The number of aromatic amines is 1. The van der Waals surface area contributed by atoms with Gasteiger partial charge in [-0.2, -0.15) is 0 Å². The molecular formula is C15H15ClN4O3S. The topological polar surface area (TPSA) is 92.1 Å². The molecule has 126 valence electrons. The van der Waals surface area contributed by atoms with Crippen molar-refractivity contribution < 1.29 is 4.92 Å². The maximum atomic E-state index is 12.2. The smallest absolute Gasteiger partial charge is 0.275 e. The van der Waals surface area contributed by atoms with E-state index in [4.69, 9.17) is 11.6 Å². The molecule has 2 aromatic rings. The quantitative estimate of drug-likeness (QED) is 0.387. The van der Waals surface area contributed by atoms with Gasteiger partial charge >= 0.3 is 0 Å². The van der Waals surface area contributed by atoms with Crippen molar-refractivity contribution in [1.29, 1.82) is 0 Å². The summed E-state index contributed by atoms with van der Waals surface area (Å²) in [5.41, 5.74) is 1.89. The minimum Gasteiger partial charge on any atom is -0.301 e. The highest BCUT2D eigenvalue weighted by molar-refractivity contribution is 7.98. The third kappa shape index (κ3) is 3.45. The van der Waals surface area contributed by atoms with Crippen LogP contribution in [0.5, 0.6) is 0 Å². The van der Waals surface area contributed by atoms with Crippen molar-refractivity contribution in [3.63, 3.8) is 0 Å². The Labute approximate surface area is 147 Å². The van der Waals surface area contributed by atoms with Crippen molar-refractivity contribution in [2.75, 3.05) is 12.8 Å². The maximum absolute atomic E-state index is 12.2. The van der Waals surface area contributed by atoms with Gasteiger partial charge in [0.2, 0.25) is 0 Å². The predicted octanol–water partition coefficient (Wildman–Crippen LogP) is 2.61. The van der Waals surface area contributed by atoms with E-state index in [1.54, 1.807) is 12.1 Å². The molecule has 24 heavy (non-hydrogen) atoms. The van der Waals surface area contributed by atoms with Crippen molar-refractivity contribution in [2.24, 2.45) is 0 Å². The number of benzene rings is 1. The van der Waals surface area contributed by atoms with Crippen LogP contribution in [-0.2, 0) is 19.5 Å². The van der Waals surface area contributed by atoms with Gasteiger partial charge in [0, 0.05) is 42.7 Å². The average molecular weight is 367 g/mol. The molecule has 0 unspecified atom stereocenters. The molecule has 0 spiro atoms. The van der Waals surface area contributed by atoms with E-state index in [-0.39, 0.29) is 11.2 Å². The van der Waals surface area contributed by atoms with Gasteiger partial charge in [0.15, 0.2) is 5.16 Å². The lowest BCUT2D eigenvalue weighted by Gasteiger charge is -2.27. The molecule has 1 aliphatic heterocycles. The first-order valence-corrected chi connectivity index (χ1v) is 8.89. The SMILES string of the molecule is CSc1nc2c(c(=O)[nH]1)CN(Cc1ccc(Cl)cc1[N+](=O)[O-])CC2. The number of fused-ring (bicyclic) bond motifs is 1. The van der Waals surface area contributed by atoms with E-state index >= 15 is 0 Å². The highest BCUT2D eigenvalue weighted by Gasteiger charge is 2.23. The van der Waals surface area contributed by atoms with Crippen LogP contribution in [0, 0.1) is 10.1 Å². The largest absolute Gasteiger partial charge is 0.301 e. The molecule has 1 N–H and O–H groups in total. The summed E-state index contributed by atoms with van der Waals surface area (Å²) in [5, 5.41) is 12.1. The van der Waals surface area contributed by atoms with E-state index in [1.165, 1.54) is 17.8 Å². The summed E-state index contributed by atoms with van der Waals surface area (Å²) in [4.78, 5) is 32.2. The highest BCUT2D eigenvalue weighted by Crippen LogP contribution is 2.26. The van der Waals surface area contributed by atoms with E-state index in [1.807, 2.05) is 11.2 Å². The Balaban J connectivity index is 1.85. The second-order valence-electron chi connectivity index (χ2n) is 5.49. The van der Waals surface area contributed by atoms with Crippen LogP contribution in [0.25, 0.3) is 0 Å². The molecule has 0 atom stereocenters. The Morgan fingerprint density at radius 1 is 1.50 bits per heavy atom. The van der Waals surface area contributed by atoms with Crippen LogP contribution >= 0.6 is 23.4 Å². The van der Waals surface area contributed by atoms with Crippen LogP contribution in [0.3, 0.4) is 0 Å². The molecule has 7 nitrogen and oxygen atoms in total. The molecule has 0 amide bonds. The van der Waals surface area contributed by atoms with E-state index < -0.39 is 4.92 Å². The number of H-pyrrole nitrogens is 1. The molecule has 0 radical (unpaired) electrons. The minimum atomic E-state index is -0.432. The fourth-order valence-corrected chi connectivity index (χ4v) is 3.33. The highest BCUT2D eigenvalue weighted by atomic mass is 35.5. The molecule has 1 aromatic heterocycles. The summed E-state index contributed by atoms with van der Waals surface area (Å²) in [7, 11) is 0. The van der Waals surface area contributed by atoms with Gasteiger partial charge in [0.1, 0.15) is 0 Å². The second-order valence-corrected chi connectivity index (χ2v) is 6.72. The fourth-order valence-electron chi connectivity index (χ4n) is 2.77. The summed E-state index contributed by atoms with van der Waals surface area (Å²) in [6, 6.07) is 4.66. The van der Waals surface area contributed by atoms with Crippen LogP contribution in [0.2, 0.25) is 5.02 Å². The van der Waals surface area contributed by atoms with Crippen molar-refractivity contribution in [2.45, 2.75) is 24.7 Å². The number of nitro groups is 1. The van der Waals surface area contributed by atoms with Crippen molar-refractivity contribution in [1.82, 2.24) is 14.9 Å². The maximum Gasteiger partial charge on any atom is 0.275 e. The first kappa shape index (κ1) is 16.9. The van der Waals surface area contributed by atoms with Crippen molar-refractivity contribution in [3.8, 4) is 0 Å². The van der Waals surface area contributed by atoms with Crippen LogP contribution in [-0.4, -0.2) is 32.6 Å². The number of nitrogens with one attached hydrogen (secondary N) is 1. The first-order chi connectivity index (χ1) is 11.5. The number of hydrogen-bond acceptors (Lipinski definition) is 6. The van der Waals surface area contributed by atoms with E-state index in [0.29, 0.717) is 47.4 Å². The monoisotopic (exact) mass is 366 g/mol. The summed E-state index contributed by atoms with van der Waals surface area (Å²) in [6.07, 6.45) is 2.51. The molecule has 0 saturated carbocycles. The van der Waals surface area contributed by atoms with Gasteiger partial charge < -0.3 is 4.98 Å². The molecule has 0 bridgehead atoms. The van der Waals surface area contributed by atoms with Gasteiger partial charge in [-0.1, -0.05) is 23.4 Å². The fraction of sp³-hybridized carbons (Fsp3) is 0.333. The Morgan fingerprint density at radius 2 is 2.29 bits per heavy atom. The first-order valence-electron chi connectivity index (χ1n) is 7.29. The lowest BCUT2D eigenvalue weighted by atomic mass is 10.1. The zero-order valence-electron chi connectivity index (χ0n) is 12.9. The normalized spacial score (nSPS) is 14.4. The third-order valence-electron chi connectivity index (χ3n) is 3.96. The lowest BCUT2D eigenvalue weighted by Crippen LogP contribution is -2.35. The second kappa shape index (κ2) is 6.92. The van der Waals surface area contributed by atoms with Crippen LogP contribution in [0.1, 0.15) is 16.8 Å². The van der Waals surface area contributed by atoms with Gasteiger partial charge in [-0.3, -0.25) is 19.8 Å². The number of nitrogens with zero attached hydrogens (tertiary/aromatic N) is 3. The number of rotatable bonds is 4. The summed E-state index contributed by atoms with van der Waals surface area (Å²) < 4.78 is 0. The third-order valence-corrected chi connectivity index (χ3v) is 4.77. The van der Waals surface area contributed by atoms with Gasteiger partial charge in [0.05, 0.1) is 16.2 Å². The number of hydrogen-bond donors (Lipinski definition) is 1. The zero-order chi connectivity index (χ0) is 17.3. The molecule has 1 aliphatic rings. The molecule has 0 saturated heterocycles. The number of thioether (sulfide) groups is 1. The molecule has 1 aromatic carbocycles. The number of nitro benzene ring substituents is 1. The predicted molar refractivity (Wildman–Crippen MR) is 92.6 cm³/mol. The molecule has 9 heteroatoms. The van der Waals surface area contributed by atoms with Crippen LogP contribution in [0.4, 0.5) is 5.69 Å². The molecular weight excluding hydrogens is 352 g/mol. The molecule has 0 aliphatic carbocycles. The summed E-state index contributed by atoms with van der Waals surface area (Å²) in [5.74, 6) is 0. The van der Waals surface area contributed by atoms with Gasteiger partial charge in [-0.15, -0.1) is 0 Å². The Morgan fingerprint density at radius 3 is 3.00 bits per heavy atom.